The number of thiophene rings is 1. The number of aromatic nitrogens is 1. The van der Waals surface area contributed by atoms with Crippen molar-refractivity contribution in [3.05, 3.63) is 69.5 Å². The first-order chi connectivity index (χ1) is 12.9. The molecule has 2 aromatic heterocycles. The number of rotatable bonds is 6. The molecular formula is C19H18FN3O3S. The molecule has 1 N–H and O–H groups in total. The van der Waals surface area contributed by atoms with Gasteiger partial charge in [0.2, 0.25) is 5.91 Å². The summed E-state index contributed by atoms with van der Waals surface area (Å²) in [5.74, 6) is -0.737. The Hall–Kier alpha value is -3.00. The van der Waals surface area contributed by atoms with Crippen molar-refractivity contribution in [3.63, 3.8) is 0 Å². The molecule has 27 heavy (non-hydrogen) atoms. The minimum absolute atomic E-state index is 0.138. The molecule has 0 aliphatic heterocycles. The number of hydrogen-bond donors (Lipinski definition) is 1. The van der Waals surface area contributed by atoms with Crippen molar-refractivity contribution < 1.29 is 18.5 Å². The maximum absolute atomic E-state index is 14.0. The number of nitrogens with zero attached hydrogens (tertiary/aromatic N) is 2. The summed E-state index contributed by atoms with van der Waals surface area (Å²) in [6.07, 6.45) is 0.189. The maximum Gasteiger partial charge on any atom is 0.254 e. The molecule has 0 aliphatic rings. The number of amides is 2. The van der Waals surface area contributed by atoms with Gasteiger partial charge < -0.3 is 14.7 Å². The van der Waals surface area contributed by atoms with Gasteiger partial charge >= 0.3 is 0 Å². The first-order valence-corrected chi connectivity index (χ1v) is 9.14. The van der Waals surface area contributed by atoms with Crippen LogP contribution >= 0.6 is 11.3 Å². The van der Waals surface area contributed by atoms with E-state index in [1.54, 1.807) is 20.0 Å². The fourth-order valence-electron chi connectivity index (χ4n) is 2.59. The van der Waals surface area contributed by atoms with E-state index in [1.165, 1.54) is 28.4 Å². The van der Waals surface area contributed by atoms with Gasteiger partial charge in [-0.15, -0.1) is 0 Å². The van der Waals surface area contributed by atoms with Crippen molar-refractivity contribution in [3.8, 4) is 0 Å². The first-order valence-electron chi connectivity index (χ1n) is 8.20. The summed E-state index contributed by atoms with van der Waals surface area (Å²) >= 11 is 1.50. The Bertz CT molecular complexity index is 953. The predicted octanol–water partition coefficient (Wildman–Crippen LogP) is 3.64. The molecule has 0 atom stereocenters. The van der Waals surface area contributed by atoms with Crippen molar-refractivity contribution in [1.29, 1.82) is 0 Å². The molecule has 0 fully saturated rings. The summed E-state index contributed by atoms with van der Waals surface area (Å²) in [5.41, 5.74) is 1.97. The molecule has 6 nitrogen and oxygen atoms in total. The van der Waals surface area contributed by atoms with E-state index in [-0.39, 0.29) is 30.1 Å². The Kier molecular flexibility index (Phi) is 5.66. The van der Waals surface area contributed by atoms with Crippen LogP contribution in [0.15, 0.2) is 45.6 Å². The molecule has 0 bridgehead atoms. The van der Waals surface area contributed by atoms with Gasteiger partial charge in [0, 0.05) is 24.4 Å². The molecule has 0 spiro atoms. The lowest BCUT2D eigenvalue weighted by Crippen LogP contribution is -2.26. The van der Waals surface area contributed by atoms with E-state index < -0.39 is 11.7 Å². The number of nitrogens with one attached hydrogen (secondary N) is 1. The summed E-state index contributed by atoms with van der Waals surface area (Å²) < 4.78 is 19.1. The third-order valence-corrected chi connectivity index (χ3v) is 4.52. The predicted molar refractivity (Wildman–Crippen MR) is 100 cm³/mol. The molecule has 0 unspecified atom stereocenters. The lowest BCUT2D eigenvalue weighted by Gasteiger charge is -2.16. The molecule has 0 saturated heterocycles. The Balaban J connectivity index is 1.70. The van der Waals surface area contributed by atoms with Crippen molar-refractivity contribution in [1.82, 2.24) is 10.1 Å². The van der Waals surface area contributed by atoms with Crippen LogP contribution in [0.2, 0.25) is 0 Å². The van der Waals surface area contributed by atoms with Gasteiger partial charge in [0.1, 0.15) is 5.82 Å². The van der Waals surface area contributed by atoms with Crippen molar-refractivity contribution in [2.24, 2.45) is 0 Å². The van der Waals surface area contributed by atoms with Gasteiger partial charge in [0.15, 0.2) is 5.76 Å². The van der Waals surface area contributed by atoms with E-state index in [0.717, 1.165) is 11.6 Å². The summed E-state index contributed by atoms with van der Waals surface area (Å²) in [5, 5.41) is 10.2. The number of benzene rings is 1. The average Bonchev–Trinajstić information content (AvgIpc) is 3.25. The minimum Gasteiger partial charge on any atom is -0.359 e. The average molecular weight is 387 g/mol. The van der Waals surface area contributed by atoms with Crippen LogP contribution in [0, 0.1) is 12.7 Å². The second-order valence-electron chi connectivity index (χ2n) is 6.18. The lowest BCUT2D eigenvalue weighted by atomic mass is 10.1. The monoisotopic (exact) mass is 387 g/mol. The maximum atomic E-state index is 14.0. The lowest BCUT2D eigenvalue weighted by molar-refractivity contribution is -0.115. The molecule has 0 aliphatic carbocycles. The van der Waals surface area contributed by atoms with Gasteiger partial charge in [-0.1, -0.05) is 5.16 Å². The van der Waals surface area contributed by atoms with Gasteiger partial charge in [0.05, 0.1) is 18.7 Å². The van der Waals surface area contributed by atoms with Crippen LogP contribution in [0.5, 0.6) is 0 Å². The van der Waals surface area contributed by atoms with Gasteiger partial charge in [0.25, 0.3) is 5.91 Å². The van der Waals surface area contributed by atoms with E-state index in [9.17, 15) is 14.0 Å². The molecule has 3 rings (SSSR count). The van der Waals surface area contributed by atoms with Crippen LogP contribution in [0.25, 0.3) is 0 Å². The van der Waals surface area contributed by atoms with E-state index in [0.29, 0.717) is 11.5 Å². The Labute approximate surface area is 159 Å². The van der Waals surface area contributed by atoms with Crippen LogP contribution in [0.4, 0.5) is 10.1 Å². The SMILES string of the molecule is Cc1cc(CN(C)C(=O)c2cc(F)cc(NC(=O)Cc3ccsc3)c2)on1. The van der Waals surface area contributed by atoms with Gasteiger partial charge in [-0.25, -0.2) is 4.39 Å². The highest BCUT2D eigenvalue weighted by molar-refractivity contribution is 7.08. The number of halogens is 1. The zero-order valence-corrected chi connectivity index (χ0v) is 15.7. The topological polar surface area (TPSA) is 75.4 Å². The zero-order valence-electron chi connectivity index (χ0n) is 14.9. The molecule has 0 saturated carbocycles. The first kappa shape index (κ1) is 18.8. The van der Waals surface area contributed by atoms with E-state index in [2.05, 4.69) is 10.5 Å². The van der Waals surface area contributed by atoms with Gasteiger partial charge in [-0.3, -0.25) is 9.59 Å². The molecule has 140 valence electrons. The number of hydrogen-bond acceptors (Lipinski definition) is 5. The summed E-state index contributed by atoms with van der Waals surface area (Å²) in [6.45, 7) is 1.99. The van der Waals surface area contributed by atoms with Crippen LogP contribution < -0.4 is 5.32 Å². The van der Waals surface area contributed by atoms with Crippen LogP contribution in [0.1, 0.15) is 27.4 Å². The third-order valence-electron chi connectivity index (χ3n) is 3.79. The van der Waals surface area contributed by atoms with E-state index >= 15 is 0 Å². The molecule has 3 aromatic rings. The second kappa shape index (κ2) is 8.13. The molecule has 2 heterocycles. The van der Waals surface area contributed by atoms with Crippen molar-refractivity contribution >= 4 is 28.8 Å². The van der Waals surface area contributed by atoms with E-state index in [1.807, 2.05) is 16.8 Å². The molecule has 0 radical (unpaired) electrons. The highest BCUT2D eigenvalue weighted by Crippen LogP contribution is 2.17. The Morgan fingerprint density at radius 3 is 2.78 bits per heavy atom. The zero-order chi connectivity index (χ0) is 19.4. The number of anilines is 1. The van der Waals surface area contributed by atoms with Crippen LogP contribution in [-0.2, 0) is 17.8 Å². The number of carbonyl (C=O) groups excluding carboxylic acids is 2. The summed E-state index contributed by atoms with van der Waals surface area (Å²) in [4.78, 5) is 26.1. The number of aryl methyl sites for hydroxylation is 1. The fraction of sp³-hybridized carbons (Fsp3) is 0.211. The molecule has 2 amide bonds. The molecule has 1 aromatic carbocycles. The molecule has 8 heteroatoms. The fourth-order valence-corrected chi connectivity index (χ4v) is 3.25. The van der Waals surface area contributed by atoms with Crippen LogP contribution in [-0.4, -0.2) is 28.9 Å². The normalized spacial score (nSPS) is 10.6. The van der Waals surface area contributed by atoms with Crippen LogP contribution in [0.3, 0.4) is 0 Å². The highest BCUT2D eigenvalue weighted by Gasteiger charge is 2.16. The van der Waals surface area contributed by atoms with E-state index in [4.69, 9.17) is 4.52 Å². The smallest absolute Gasteiger partial charge is 0.254 e. The summed E-state index contributed by atoms with van der Waals surface area (Å²) in [7, 11) is 1.58. The third kappa shape index (κ3) is 5.01. The standard InChI is InChI=1S/C19H18FN3O3S/c1-12-5-17(26-22-12)10-23(2)19(25)14-7-15(20)9-16(8-14)21-18(24)6-13-3-4-27-11-13/h3-5,7-9,11H,6,10H2,1-2H3,(H,21,24). The second-order valence-corrected chi connectivity index (χ2v) is 6.96. The molecular weight excluding hydrogens is 369 g/mol. The number of carbonyl (C=O) groups is 2. The Morgan fingerprint density at radius 2 is 2.11 bits per heavy atom. The van der Waals surface area contributed by atoms with Crippen molar-refractivity contribution in [2.45, 2.75) is 19.9 Å². The van der Waals surface area contributed by atoms with Gasteiger partial charge in [-0.2, -0.15) is 11.3 Å². The minimum atomic E-state index is -0.601. The Morgan fingerprint density at radius 1 is 1.30 bits per heavy atom. The largest absolute Gasteiger partial charge is 0.359 e. The summed E-state index contributed by atoms with van der Waals surface area (Å²) in [6, 6.07) is 7.36. The van der Waals surface area contributed by atoms with Crippen molar-refractivity contribution in [2.75, 3.05) is 12.4 Å². The highest BCUT2D eigenvalue weighted by atomic mass is 32.1. The van der Waals surface area contributed by atoms with Gasteiger partial charge in [-0.05, 0) is 47.5 Å². The quantitative estimate of drug-likeness (QED) is 0.701.